The lowest BCUT2D eigenvalue weighted by Crippen LogP contribution is -2.10. The van der Waals surface area contributed by atoms with Crippen molar-refractivity contribution in [2.75, 3.05) is 5.88 Å². The maximum absolute atomic E-state index is 10.5. The minimum Gasteiger partial charge on any atom is -0.475 e. The van der Waals surface area contributed by atoms with Crippen molar-refractivity contribution in [2.24, 2.45) is 0 Å². The summed E-state index contributed by atoms with van der Waals surface area (Å²) in [6.45, 7) is 0.346. The number of hydrogen-bond acceptors (Lipinski definition) is 3. The summed E-state index contributed by atoms with van der Waals surface area (Å²) in [7, 11) is 0. The maximum Gasteiger partial charge on any atom is 0.374 e. The van der Waals surface area contributed by atoms with Crippen LogP contribution in [0.2, 0.25) is 0 Å². The summed E-state index contributed by atoms with van der Waals surface area (Å²) in [6, 6.07) is 0. The molecule has 1 heterocycles. The molecule has 5 nitrogen and oxygen atoms in total. The van der Waals surface area contributed by atoms with Gasteiger partial charge in [-0.15, -0.1) is 16.7 Å². The quantitative estimate of drug-likeness (QED) is 0.570. The second-order valence-electron chi connectivity index (χ2n) is 2.00. The SMILES string of the molecule is O=C(O)c1n[nH]c(=S)n1CCCl. The second kappa shape index (κ2) is 3.68. The van der Waals surface area contributed by atoms with Gasteiger partial charge >= 0.3 is 5.97 Å². The largest absolute Gasteiger partial charge is 0.475 e. The van der Waals surface area contributed by atoms with E-state index in [-0.39, 0.29) is 10.6 Å². The molecule has 7 heteroatoms. The van der Waals surface area contributed by atoms with Crippen molar-refractivity contribution in [1.82, 2.24) is 14.8 Å². The van der Waals surface area contributed by atoms with Crippen LogP contribution in [0.15, 0.2) is 0 Å². The Kier molecular flexibility index (Phi) is 2.83. The summed E-state index contributed by atoms with van der Waals surface area (Å²) in [4.78, 5) is 10.5. The lowest BCUT2D eigenvalue weighted by molar-refractivity contribution is 0.0678. The molecule has 1 aromatic rings. The Morgan fingerprint density at radius 3 is 3.00 bits per heavy atom. The molecule has 0 bridgehead atoms. The zero-order chi connectivity index (χ0) is 9.14. The number of carbonyl (C=O) groups is 1. The van der Waals surface area contributed by atoms with Crippen molar-refractivity contribution in [2.45, 2.75) is 6.54 Å². The fourth-order valence-corrected chi connectivity index (χ4v) is 1.17. The van der Waals surface area contributed by atoms with Gasteiger partial charge in [-0.3, -0.25) is 9.67 Å². The van der Waals surface area contributed by atoms with Gasteiger partial charge in [-0.1, -0.05) is 0 Å². The molecule has 0 atom stereocenters. The Balaban J connectivity index is 3.12. The minimum absolute atomic E-state index is 0.111. The molecule has 0 amide bonds. The fourth-order valence-electron chi connectivity index (χ4n) is 0.773. The molecule has 0 unspecified atom stereocenters. The van der Waals surface area contributed by atoms with Crippen molar-refractivity contribution in [3.8, 4) is 0 Å². The number of aromatic carboxylic acids is 1. The first-order valence-corrected chi connectivity index (χ1v) is 4.05. The normalized spacial score (nSPS) is 10.1. The zero-order valence-electron chi connectivity index (χ0n) is 5.95. The van der Waals surface area contributed by atoms with Gasteiger partial charge in [0.2, 0.25) is 5.82 Å². The van der Waals surface area contributed by atoms with E-state index in [1.807, 2.05) is 0 Å². The van der Waals surface area contributed by atoms with Crippen LogP contribution < -0.4 is 0 Å². The van der Waals surface area contributed by atoms with Crippen LogP contribution in [-0.2, 0) is 6.54 Å². The van der Waals surface area contributed by atoms with E-state index in [1.54, 1.807) is 0 Å². The first kappa shape index (κ1) is 9.21. The lowest BCUT2D eigenvalue weighted by atomic mass is 10.6. The highest BCUT2D eigenvalue weighted by molar-refractivity contribution is 7.71. The predicted octanol–water partition coefficient (Wildman–Crippen LogP) is 0.878. The molecular weight excluding hydrogens is 202 g/mol. The Morgan fingerprint density at radius 1 is 1.83 bits per heavy atom. The molecular formula is C5H6ClN3O2S. The first-order chi connectivity index (χ1) is 5.66. The molecule has 0 saturated heterocycles. The van der Waals surface area contributed by atoms with Gasteiger partial charge in [0.15, 0.2) is 4.77 Å². The van der Waals surface area contributed by atoms with Crippen LogP contribution in [0.3, 0.4) is 0 Å². The molecule has 1 rings (SSSR count). The number of carboxylic acid groups (broad SMARTS) is 1. The molecule has 0 aliphatic carbocycles. The van der Waals surface area contributed by atoms with Gasteiger partial charge in [-0.05, 0) is 12.2 Å². The number of aromatic amines is 1. The molecule has 12 heavy (non-hydrogen) atoms. The summed E-state index contributed by atoms with van der Waals surface area (Å²) in [5, 5.41) is 14.5. The summed E-state index contributed by atoms with van der Waals surface area (Å²) in [6.07, 6.45) is 0. The van der Waals surface area contributed by atoms with E-state index in [0.29, 0.717) is 12.4 Å². The molecule has 0 fully saturated rings. The van der Waals surface area contributed by atoms with Gasteiger partial charge in [0.1, 0.15) is 0 Å². The van der Waals surface area contributed by atoms with Crippen LogP contribution in [0.25, 0.3) is 0 Å². The van der Waals surface area contributed by atoms with Crippen LogP contribution >= 0.6 is 23.8 Å². The molecule has 0 saturated carbocycles. The number of nitrogens with one attached hydrogen (secondary N) is 1. The third-order valence-corrected chi connectivity index (χ3v) is 1.74. The number of aromatic nitrogens is 3. The topological polar surface area (TPSA) is 70.9 Å². The van der Waals surface area contributed by atoms with Crippen LogP contribution in [-0.4, -0.2) is 31.7 Å². The minimum atomic E-state index is -1.12. The van der Waals surface area contributed by atoms with Crippen LogP contribution in [0.5, 0.6) is 0 Å². The molecule has 0 spiro atoms. The van der Waals surface area contributed by atoms with E-state index in [0.717, 1.165) is 0 Å². The Morgan fingerprint density at radius 2 is 2.50 bits per heavy atom. The fraction of sp³-hybridized carbons (Fsp3) is 0.400. The van der Waals surface area contributed by atoms with Gasteiger partial charge in [0.05, 0.1) is 0 Å². The number of hydrogen-bond donors (Lipinski definition) is 2. The van der Waals surface area contributed by atoms with E-state index < -0.39 is 5.97 Å². The molecule has 0 radical (unpaired) electrons. The number of carboxylic acids is 1. The standard InChI is InChI=1S/C5H6ClN3O2S/c6-1-2-9-3(4(10)11)7-8-5(9)12/h1-2H2,(H,8,12)(H,10,11). The van der Waals surface area contributed by atoms with E-state index in [9.17, 15) is 4.79 Å². The van der Waals surface area contributed by atoms with Crippen molar-refractivity contribution >= 4 is 29.8 Å². The molecule has 0 aliphatic rings. The number of rotatable bonds is 3. The highest BCUT2D eigenvalue weighted by Crippen LogP contribution is 1.98. The van der Waals surface area contributed by atoms with Crippen molar-refractivity contribution in [1.29, 1.82) is 0 Å². The zero-order valence-corrected chi connectivity index (χ0v) is 7.52. The smallest absolute Gasteiger partial charge is 0.374 e. The van der Waals surface area contributed by atoms with Crippen LogP contribution in [0, 0.1) is 4.77 Å². The monoisotopic (exact) mass is 207 g/mol. The Labute approximate surface area is 78.0 Å². The highest BCUT2D eigenvalue weighted by atomic mass is 35.5. The van der Waals surface area contributed by atoms with E-state index >= 15 is 0 Å². The summed E-state index contributed by atoms with van der Waals surface area (Å²) < 4.78 is 1.61. The Hall–Kier alpha value is -0.880. The van der Waals surface area contributed by atoms with Gasteiger partial charge in [-0.2, -0.15) is 0 Å². The lowest BCUT2D eigenvalue weighted by Gasteiger charge is -1.98. The first-order valence-electron chi connectivity index (χ1n) is 3.11. The predicted molar refractivity (Wildman–Crippen MR) is 45.1 cm³/mol. The van der Waals surface area contributed by atoms with E-state index in [4.69, 9.17) is 28.9 Å². The number of H-pyrrole nitrogens is 1. The van der Waals surface area contributed by atoms with Crippen molar-refractivity contribution < 1.29 is 9.90 Å². The molecule has 66 valence electrons. The van der Waals surface area contributed by atoms with E-state index in [2.05, 4.69) is 10.2 Å². The van der Waals surface area contributed by atoms with E-state index in [1.165, 1.54) is 4.57 Å². The molecule has 0 aromatic carbocycles. The van der Waals surface area contributed by atoms with Gasteiger partial charge in [-0.25, -0.2) is 4.79 Å². The third-order valence-electron chi connectivity index (χ3n) is 1.26. The maximum atomic E-state index is 10.5. The van der Waals surface area contributed by atoms with Gasteiger partial charge in [0, 0.05) is 12.4 Å². The van der Waals surface area contributed by atoms with Crippen LogP contribution in [0.1, 0.15) is 10.6 Å². The Bertz CT molecular complexity index is 345. The molecule has 0 aliphatic heterocycles. The molecule has 2 N–H and O–H groups in total. The van der Waals surface area contributed by atoms with Crippen molar-refractivity contribution in [3.63, 3.8) is 0 Å². The van der Waals surface area contributed by atoms with Crippen LogP contribution in [0.4, 0.5) is 0 Å². The summed E-state index contributed by atoms with van der Waals surface area (Å²) in [5.41, 5.74) is 0. The summed E-state index contributed by atoms with van der Waals surface area (Å²) in [5.74, 6) is -0.929. The number of halogens is 1. The van der Waals surface area contributed by atoms with Gasteiger partial charge < -0.3 is 5.11 Å². The van der Waals surface area contributed by atoms with Crippen molar-refractivity contribution in [3.05, 3.63) is 10.6 Å². The average molecular weight is 208 g/mol. The highest BCUT2D eigenvalue weighted by Gasteiger charge is 2.12. The van der Waals surface area contributed by atoms with Gasteiger partial charge in [0.25, 0.3) is 0 Å². The average Bonchev–Trinajstić information content (AvgIpc) is 2.34. The number of alkyl halides is 1. The molecule has 1 aromatic heterocycles. The second-order valence-corrected chi connectivity index (χ2v) is 2.76. The summed E-state index contributed by atoms with van der Waals surface area (Å²) >= 11 is 10.2. The third kappa shape index (κ3) is 1.64. The number of nitrogens with zero attached hydrogens (tertiary/aromatic N) is 2.